The van der Waals surface area contributed by atoms with Gasteiger partial charge in [-0.15, -0.1) is 0 Å². The maximum atomic E-state index is 12.4. The van der Waals surface area contributed by atoms with Crippen molar-refractivity contribution in [2.75, 3.05) is 0 Å². The predicted octanol–water partition coefficient (Wildman–Crippen LogP) is 17.0. The molecule has 0 saturated heterocycles. The number of aromatic hydroxyl groups is 1. The Kier molecular flexibility index (Phi) is 7.79. The van der Waals surface area contributed by atoms with Crippen LogP contribution < -0.4 is 0 Å². The molecule has 6 aromatic carbocycles. The van der Waals surface area contributed by atoms with Gasteiger partial charge in [0.15, 0.2) is 0 Å². The molecule has 4 heteroatoms. The highest BCUT2D eigenvalue weighted by Gasteiger charge is 2.27. The first kappa shape index (κ1) is 29.3. The van der Waals surface area contributed by atoms with Gasteiger partial charge in [-0.25, -0.2) is 4.98 Å². The van der Waals surface area contributed by atoms with E-state index < -0.39 is 90.5 Å². The van der Waals surface area contributed by atoms with Crippen LogP contribution in [0.15, 0.2) is 139 Å². The monoisotopic (exact) mass is 874 g/mol. The van der Waals surface area contributed by atoms with Crippen molar-refractivity contribution >= 4 is 11.0 Å². The van der Waals surface area contributed by atoms with Crippen LogP contribution in [0.25, 0.3) is 72.7 Å². The van der Waals surface area contributed by atoms with Gasteiger partial charge >= 0.3 is 0 Å². The highest BCUT2D eigenvalue weighted by Crippen LogP contribution is 2.45. The molecule has 0 saturated carbocycles. The van der Waals surface area contributed by atoms with E-state index in [0.29, 0.717) is 33.5 Å². The Morgan fingerprint density at radius 3 is 2.02 bits per heavy atom. The van der Waals surface area contributed by atoms with Gasteiger partial charge in [0.05, 0.1) is 37.6 Å². The summed E-state index contributed by atoms with van der Waals surface area (Å²) in [4.78, 5) is 9.96. The first-order chi connectivity index (χ1) is 37.4. The molecule has 0 spiro atoms. The fraction of sp³-hybridized carbons (Fsp3) is 0.311. The Balaban J connectivity index is 1.46. The van der Waals surface area contributed by atoms with Gasteiger partial charge in [-0.1, -0.05) is 175 Å². The Hall–Kier alpha value is -6.26. The van der Waals surface area contributed by atoms with E-state index in [1.54, 1.807) is 12.1 Å². The van der Waals surface area contributed by atoms with E-state index in [4.69, 9.17) is 22.8 Å². The zero-order valence-electron chi connectivity index (χ0n) is 54.9. The van der Waals surface area contributed by atoms with Gasteiger partial charge in [0.25, 0.3) is 0 Å². The molecule has 0 aliphatic rings. The van der Waals surface area contributed by atoms with Crippen molar-refractivity contribution in [3.63, 3.8) is 0 Å². The number of benzene rings is 6. The van der Waals surface area contributed by atoms with Gasteiger partial charge in [-0.3, -0.25) is 9.55 Å². The lowest BCUT2D eigenvalue weighted by atomic mass is 9.81. The number of para-hydroxylation sites is 1. The smallest absolute Gasteiger partial charge is 0.149 e. The van der Waals surface area contributed by atoms with Crippen molar-refractivity contribution in [3.05, 3.63) is 167 Å². The maximum absolute atomic E-state index is 12.4. The summed E-state index contributed by atoms with van der Waals surface area (Å²) in [6, 6.07) is 25.7. The van der Waals surface area contributed by atoms with Crippen LogP contribution in [0.3, 0.4) is 0 Å². The molecule has 8 rings (SSSR count). The minimum atomic E-state index is -3.92. The molecule has 0 atom stereocenters. The summed E-state index contributed by atoms with van der Waals surface area (Å²) in [7, 11) is 0. The molecular formula is C61H67N3O. The molecule has 0 aliphatic carbocycles. The number of hydrogen-bond donors (Lipinski definition) is 1. The molecule has 1 N–H and O–H groups in total. The number of rotatable bonds is 10. The van der Waals surface area contributed by atoms with Crippen molar-refractivity contribution in [2.45, 2.75) is 124 Å². The van der Waals surface area contributed by atoms with Crippen LogP contribution in [0.4, 0.5) is 0 Å². The number of pyridine rings is 1. The van der Waals surface area contributed by atoms with Gasteiger partial charge in [0.1, 0.15) is 11.6 Å². The van der Waals surface area contributed by atoms with E-state index in [0.717, 1.165) is 45.5 Å². The fourth-order valence-electron chi connectivity index (χ4n) is 8.14. The van der Waals surface area contributed by atoms with Crippen molar-refractivity contribution in [1.82, 2.24) is 14.5 Å². The average molecular weight is 874 g/mol. The Morgan fingerprint density at radius 1 is 0.631 bits per heavy atom. The van der Waals surface area contributed by atoms with Crippen molar-refractivity contribution in [2.24, 2.45) is 0 Å². The van der Waals surface area contributed by atoms with Crippen molar-refractivity contribution < 1.29 is 27.0 Å². The van der Waals surface area contributed by atoms with E-state index in [9.17, 15) is 9.22 Å². The Bertz CT molecular complexity index is 3710. The average Bonchev–Trinajstić information content (AvgIpc) is 2.80. The highest BCUT2D eigenvalue weighted by molar-refractivity contribution is 5.98. The van der Waals surface area contributed by atoms with E-state index >= 15 is 0 Å². The number of phenolic OH excluding ortho intramolecular Hbond substituents is 1. The number of nitrogens with zero attached hydrogens (tertiary/aromatic N) is 3. The van der Waals surface area contributed by atoms with Crippen LogP contribution >= 0.6 is 0 Å². The summed E-state index contributed by atoms with van der Waals surface area (Å²) in [6.45, 7) is 9.09. The van der Waals surface area contributed by atoms with Crippen LogP contribution in [-0.4, -0.2) is 19.6 Å². The number of fused-ring (bicyclic) bond motifs is 1. The van der Waals surface area contributed by atoms with Crippen LogP contribution in [0.5, 0.6) is 5.75 Å². The highest BCUT2D eigenvalue weighted by atomic mass is 16.3. The van der Waals surface area contributed by atoms with Crippen LogP contribution in [0, 0.1) is 0 Å². The lowest BCUT2D eigenvalue weighted by molar-refractivity contribution is 0.466. The Labute approximate surface area is 411 Å². The normalized spacial score (nSPS) is 16.6. The second-order valence-corrected chi connectivity index (χ2v) is 19.3. The maximum Gasteiger partial charge on any atom is 0.149 e. The number of imidazole rings is 1. The van der Waals surface area contributed by atoms with Gasteiger partial charge in [0, 0.05) is 35.2 Å². The summed E-state index contributed by atoms with van der Waals surface area (Å²) in [5.74, 6) is 0.641. The lowest BCUT2D eigenvalue weighted by Gasteiger charge is -2.26. The molecule has 65 heavy (non-hydrogen) atoms. The molecule has 2 aromatic heterocycles. The minimum absolute atomic E-state index is 0.0409. The fourth-order valence-corrected chi connectivity index (χ4v) is 8.14. The van der Waals surface area contributed by atoms with Gasteiger partial charge in [-0.2, -0.15) is 0 Å². The van der Waals surface area contributed by atoms with E-state index in [-0.39, 0.29) is 34.3 Å². The zero-order valence-corrected chi connectivity index (χ0v) is 38.9. The first-order valence-corrected chi connectivity index (χ1v) is 22.3. The molecule has 332 valence electrons. The third-order valence-electron chi connectivity index (χ3n) is 12.6. The van der Waals surface area contributed by atoms with Gasteiger partial charge in [0.2, 0.25) is 0 Å². The first-order valence-electron chi connectivity index (χ1n) is 30.3. The molecule has 0 radical (unpaired) electrons. The third-order valence-corrected chi connectivity index (χ3v) is 12.6. The topological polar surface area (TPSA) is 50.9 Å². The Morgan fingerprint density at radius 2 is 1.35 bits per heavy atom. The zero-order chi connectivity index (χ0) is 60.2. The summed E-state index contributed by atoms with van der Waals surface area (Å²) >= 11 is 0. The third kappa shape index (κ3) is 8.93. The molecule has 0 fully saturated rings. The minimum Gasteiger partial charge on any atom is -0.507 e. The number of phenols is 1. The summed E-state index contributed by atoms with van der Waals surface area (Å²) < 4.78 is 141. The largest absolute Gasteiger partial charge is 0.507 e. The molecule has 8 aromatic rings. The SMILES string of the molecule is [2H]c1nc(-c2cc(-c3cccc4c3nc(-c3cc(C(C)C)cc(C(C)C)c3O)n4-c3ccc(C(C)(C)CC)cc3-c3ccccc3)cc(C(C)(C)C)c2)c([2H])c(-c2c([2H])c([2H])c(C(C([2H])([2H])[2H])(C([2H])([2H])[2H])C([2H])([2H])[2H])c([2H])c2[2H])c1[2H]. The summed E-state index contributed by atoms with van der Waals surface area (Å²) in [6.07, 6.45) is 0.167. The number of hydrogen-bond acceptors (Lipinski definition) is 3. The lowest BCUT2D eigenvalue weighted by Crippen LogP contribution is -2.16. The molecule has 0 aliphatic heterocycles. The van der Waals surface area contributed by atoms with Crippen molar-refractivity contribution in [1.29, 1.82) is 0 Å². The molecule has 0 unspecified atom stereocenters. The molecule has 4 nitrogen and oxygen atoms in total. The second kappa shape index (κ2) is 17.3. The molecule has 0 amide bonds. The molecule has 2 heterocycles. The van der Waals surface area contributed by atoms with Crippen LogP contribution in [-0.2, 0) is 16.2 Å². The molecular weight excluding hydrogens is 791 g/mol. The van der Waals surface area contributed by atoms with E-state index in [1.807, 2.05) is 89.2 Å². The van der Waals surface area contributed by atoms with E-state index in [2.05, 4.69) is 74.5 Å². The standard InChI is InChI=1S/C61H67N3O/c1-14-61(12,13)47-27-28-54(51(37-47)41-19-16-15-17-20-41)64-55-22-18-21-49(56(55)63-58(64)52-35-43(38(2)3)34-50(39(4)5)57(52)65)44-31-45(33-48(32-44)60(9,10)11)53-36-42(29-30-62-53)40-23-25-46(26-24-40)59(6,7)8/h15-39,65H,14H2,1-13H3/i6D3,7D3,8D3,23D,24D,25D,26D,29D,30D,36D. The van der Waals surface area contributed by atoms with Crippen molar-refractivity contribution in [3.8, 4) is 67.5 Å². The quantitative estimate of drug-likeness (QED) is 0.149. The van der Waals surface area contributed by atoms with Crippen LogP contribution in [0.1, 0.15) is 158 Å². The number of aromatic nitrogens is 3. The summed E-state index contributed by atoms with van der Waals surface area (Å²) in [5, 5.41) is 12.4. The second-order valence-electron chi connectivity index (χ2n) is 19.3. The van der Waals surface area contributed by atoms with Gasteiger partial charge in [-0.05, 0) is 133 Å². The van der Waals surface area contributed by atoms with Crippen LogP contribution in [0.2, 0.25) is 0 Å². The molecule has 0 bridgehead atoms. The van der Waals surface area contributed by atoms with Gasteiger partial charge < -0.3 is 5.11 Å². The predicted molar refractivity (Wildman–Crippen MR) is 277 cm³/mol. The summed E-state index contributed by atoms with van der Waals surface area (Å²) in [5.41, 5.74) is 2.09. The van der Waals surface area contributed by atoms with E-state index in [1.165, 1.54) is 0 Å².